The standard InChI is InChI=1S/C20H24F2N4O3S/c1-20(2)8-10-26(14-6-5-13(21)16(22)17(14)29-3)18(20)19(27)25-12-7-9-24-15(11-12)30(4,23)28/h5-7,9,11,18,23H,8,10H2,1-4H3,(H,24,25,27)/t18-,30+/m0/s1. The third kappa shape index (κ3) is 4.09. The third-order valence-corrected chi connectivity index (χ3v) is 6.26. The van der Waals surface area contributed by atoms with E-state index in [2.05, 4.69) is 10.3 Å². The molecule has 10 heteroatoms. The van der Waals surface area contributed by atoms with Gasteiger partial charge in [-0.15, -0.1) is 0 Å². The zero-order valence-corrected chi connectivity index (χ0v) is 18.0. The van der Waals surface area contributed by atoms with E-state index < -0.39 is 32.8 Å². The van der Waals surface area contributed by atoms with Gasteiger partial charge in [-0.25, -0.2) is 18.4 Å². The summed E-state index contributed by atoms with van der Waals surface area (Å²) in [5, 5.41) is 2.84. The number of halogens is 2. The highest BCUT2D eigenvalue weighted by Gasteiger charge is 2.46. The predicted octanol–water partition coefficient (Wildman–Crippen LogP) is 3.65. The highest BCUT2D eigenvalue weighted by molar-refractivity contribution is 7.91. The number of carbonyl (C=O) groups excluding carboxylic acids is 1. The second-order valence-corrected chi connectivity index (χ2v) is 10.1. The number of amides is 1. The minimum atomic E-state index is -3.04. The quantitative estimate of drug-likeness (QED) is 0.743. The lowest BCUT2D eigenvalue weighted by molar-refractivity contribution is -0.119. The van der Waals surface area contributed by atoms with E-state index in [-0.39, 0.29) is 16.7 Å². The van der Waals surface area contributed by atoms with E-state index in [1.165, 1.54) is 37.8 Å². The Morgan fingerprint density at radius 1 is 1.37 bits per heavy atom. The van der Waals surface area contributed by atoms with Crippen LogP contribution < -0.4 is 15.0 Å². The molecule has 1 aliphatic rings. The number of pyridine rings is 1. The van der Waals surface area contributed by atoms with E-state index in [4.69, 9.17) is 9.52 Å². The van der Waals surface area contributed by atoms with Gasteiger partial charge in [0.2, 0.25) is 11.7 Å². The third-order valence-electron chi connectivity index (χ3n) is 5.24. The van der Waals surface area contributed by atoms with Gasteiger partial charge in [-0.2, -0.15) is 4.39 Å². The van der Waals surface area contributed by atoms with Gasteiger partial charge in [0.15, 0.2) is 11.6 Å². The van der Waals surface area contributed by atoms with Gasteiger partial charge in [-0.05, 0) is 36.1 Å². The molecule has 2 atom stereocenters. The fourth-order valence-corrected chi connectivity index (χ4v) is 4.32. The lowest BCUT2D eigenvalue weighted by Crippen LogP contribution is -2.46. The molecule has 3 rings (SSSR count). The molecular formula is C20H24F2N4O3S. The number of ether oxygens (including phenoxy) is 1. The van der Waals surface area contributed by atoms with Crippen molar-refractivity contribution in [3.05, 3.63) is 42.1 Å². The Morgan fingerprint density at radius 2 is 2.07 bits per heavy atom. The number of hydrogen-bond acceptors (Lipinski definition) is 6. The topological polar surface area (TPSA) is 95.4 Å². The van der Waals surface area contributed by atoms with Crippen molar-refractivity contribution in [1.29, 1.82) is 4.78 Å². The van der Waals surface area contributed by atoms with Gasteiger partial charge < -0.3 is 15.0 Å². The SMILES string of the molecule is COc1c(N2CCC(C)(C)[C@@H]2C(=O)Nc2ccnc([S@](C)(=N)=O)c2)ccc(F)c1F. The molecule has 2 aromatic rings. The number of anilines is 2. The summed E-state index contributed by atoms with van der Waals surface area (Å²) >= 11 is 0. The van der Waals surface area contributed by atoms with Crippen molar-refractivity contribution in [1.82, 2.24) is 4.98 Å². The van der Waals surface area contributed by atoms with Crippen LogP contribution in [0.3, 0.4) is 0 Å². The Balaban J connectivity index is 1.97. The van der Waals surface area contributed by atoms with Gasteiger partial charge in [0.05, 0.1) is 22.5 Å². The summed E-state index contributed by atoms with van der Waals surface area (Å²) < 4.78 is 52.6. The average Bonchev–Trinajstić information content (AvgIpc) is 2.98. The molecule has 0 aliphatic carbocycles. The normalized spacial score (nSPS) is 19.9. The van der Waals surface area contributed by atoms with E-state index in [0.717, 1.165) is 6.07 Å². The predicted molar refractivity (Wildman–Crippen MR) is 110 cm³/mol. The van der Waals surface area contributed by atoms with E-state index in [1.807, 2.05) is 13.8 Å². The summed E-state index contributed by atoms with van der Waals surface area (Å²) in [6.45, 7) is 4.29. The van der Waals surface area contributed by atoms with Crippen LogP contribution in [0.15, 0.2) is 35.5 Å². The van der Waals surface area contributed by atoms with Crippen LogP contribution in [0, 0.1) is 21.8 Å². The molecule has 30 heavy (non-hydrogen) atoms. The van der Waals surface area contributed by atoms with Gasteiger partial charge >= 0.3 is 0 Å². The molecule has 0 radical (unpaired) electrons. The van der Waals surface area contributed by atoms with Crippen molar-refractivity contribution < 1.29 is 22.5 Å². The van der Waals surface area contributed by atoms with E-state index in [0.29, 0.717) is 24.3 Å². The Labute approximate surface area is 174 Å². The number of nitrogens with one attached hydrogen (secondary N) is 2. The molecule has 1 amide bonds. The molecule has 1 aliphatic heterocycles. The maximum absolute atomic E-state index is 14.3. The first-order chi connectivity index (χ1) is 14.0. The Kier molecular flexibility index (Phi) is 5.72. The van der Waals surface area contributed by atoms with E-state index in [1.54, 1.807) is 4.90 Å². The lowest BCUT2D eigenvalue weighted by atomic mass is 9.84. The average molecular weight is 439 g/mol. The minimum absolute atomic E-state index is 0.0603. The fourth-order valence-electron chi connectivity index (χ4n) is 3.71. The molecular weight excluding hydrogens is 414 g/mol. The maximum Gasteiger partial charge on any atom is 0.247 e. The number of aromatic nitrogens is 1. The molecule has 0 saturated carbocycles. The fraction of sp³-hybridized carbons (Fsp3) is 0.400. The van der Waals surface area contributed by atoms with Crippen LogP contribution in [0.1, 0.15) is 20.3 Å². The van der Waals surface area contributed by atoms with Crippen LogP contribution in [0.4, 0.5) is 20.2 Å². The van der Waals surface area contributed by atoms with Crippen LogP contribution >= 0.6 is 0 Å². The first-order valence-corrected chi connectivity index (χ1v) is 11.2. The zero-order chi connectivity index (χ0) is 22.3. The first-order valence-electron chi connectivity index (χ1n) is 9.25. The maximum atomic E-state index is 14.3. The number of rotatable bonds is 5. The summed E-state index contributed by atoms with van der Waals surface area (Å²) in [6.07, 6.45) is 3.26. The number of methoxy groups -OCH3 is 1. The van der Waals surface area contributed by atoms with Crippen molar-refractivity contribution in [2.75, 3.05) is 30.1 Å². The highest BCUT2D eigenvalue weighted by Crippen LogP contribution is 2.43. The lowest BCUT2D eigenvalue weighted by Gasteiger charge is -2.33. The monoisotopic (exact) mass is 438 g/mol. The molecule has 1 saturated heterocycles. The summed E-state index contributed by atoms with van der Waals surface area (Å²) in [5.74, 6) is -2.76. The van der Waals surface area contributed by atoms with Crippen molar-refractivity contribution in [3.8, 4) is 5.75 Å². The van der Waals surface area contributed by atoms with Crippen LogP contribution in [-0.4, -0.2) is 41.1 Å². The van der Waals surface area contributed by atoms with Crippen LogP contribution in [0.2, 0.25) is 0 Å². The van der Waals surface area contributed by atoms with Crippen molar-refractivity contribution >= 4 is 27.0 Å². The molecule has 1 aromatic heterocycles. The summed E-state index contributed by atoms with van der Waals surface area (Å²) in [6, 6.07) is 4.65. The van der Waals surface area contributed by atoms with Gasteiger partial charge in [0.25, 0.3) is 0 Å². The number of nitrogens with zero attached hydrogens (tertiary/aromatic N) is 2. The second kappa shape index (κ2) is 7.82. The van der Waals surface area contributed by atoms with E-state index in [9.17, 15) is 17.8 Å². The Hall–Kier alpha value is -2.75. The van der Waals surface area contributed by atoms with Gasteiger partial charge in [-0.3, -0.25) is 4.79 Å². The Morgan fingerprint density at radius 3 is 2.70 bits per heavy atom. The van der Waals surface area contributed by atoms with E-state index >= 15 is 0 Å². The van der Waals surface area contributed by atoms with Gasteiger partial charge in [0.1, 0.15) is 11.1 Å². The van der Waals surface area contributed by atoms with Crippen molar-refractivity contribution in [2.45, 2.75) is 31.3 Å². The second-order valence-electron chi connectivity index (χ2n) is 7.96. The molecule has 1 aromatic carbocycles. The van der Waals surface area contributed by atoms with Gasteiger partial charge in [0, 0.05) is 24.7 Å². The van der Waals surface area contributed by atoms with Crippen LogP contribution in [-0.2, 0) is 14.5 Å². The molecule has 162 valence electrons. The van der Waals surface area contributed by atoms with Crippen molar-refractivity contribution in [3.63, 3.8) is 0 Å². The first kappa shape index (κ1) is 21.9. The zero-order valence-electron chi connectivity index (χ0n) is 17.2. The number of carbonyl (C=O) groups is 1. The highest BCUT2D eigenvalue weighted by atomic mass is 32.2. The molecule has 1 fully saturated rings. The number of benzene rings is 1. The van der Waals surface area contributed by atoms with Crippen LogP contribution in [0.25, 0.3) is 0 Å². The molecule has 2 N–H and O–H groups in total. The van der Waals surface area contributed by atoms with Crippen molar-refractivity contribution in [2.24, 2.45) is 5.41 Å². The van der Waals surface area contributed by atoms with Crippen LogP contribution in [0.5, 0.6) is 5.75 Å². The molecule has 0 spiro atoms. The Bertz CT molecular complexity index is 1090. The molecule has 2 heterocycles. The molecule has 7 nitrogen and oxygen atoms in total. The summed E-state index contributed by atoms with van der Waals surface area (Å²) in [4.78, 5) is 18.9. The molecule has 0 bridgehead atoms. The minimum Gasteiger partial charge on any atom is -0.491 e. The summed E-state index contributed by atoms with van der Waals surface area (Å²) in [7, 11) is -1.79. The largest absolute Gasteiger partial charge is 0.491 e. The molecule has 0 unspecified atom stereocenters. The smallest absolute Gasteiger partial charge is 0.247 e. The summed E-state index contributed by atoms with van der Waals surface area (Å²) in [5.41, 5.74) is 0.177. The van der Waals surface area contributed by atoms with Gasteiger partial charge in [-0.1, -0.05) is 13.8 Å². The number of hydrogen-bond donors (Lipinski definition) is 2.